The summed E-state index contributed by atoms with van der Waals surface area (Å²) in [6, 6.07) is 12.5. The Balaban J connectivity index is 1.08. The Morgan fingerprint density at radius 1 is 0.913 bits per heavy atom. The lowest BCUT2D eigenvalue weighted by molar-refractivity contribution is 0.162. The van der Waals surface area contributed by atoms with Crippen LogP contribution in [0.4, 0.5) is 4.39 Å². The highest BCUT2D eigenvalue weighted by atomic mass is 19.1. The van der Waals surface area contributed by atoms with Gasteiger partial charge in [-0.2, -0.15) is 5.10 Å². The van der Waals surface area contributed by atoms with Gasteiger partial charge in [0.15, 0.2) is 17.2 Å². The molecular formula is C34H34FN9O2. The molecule has 2 aliphatic heterocycles. The summed E-state index contributed by atoms with van der Waals surface area (Å²) in [5.41, 5.74) is 6.13. The third-order valence-electron chi connectivity index (χ3n) is 8.67. The second kappa shape index (κ2) is 12.5. The molecule has 7 heterocycles. The molecule has 12 heteroatoms. The first kappa shape index (κ1) is 28.5. The first-order valence-corrected chi connectivity index (χ1v) is 15.9. The molecule has 2 aliphatic rings. The van der Waals surface area contributed by atoms with Crippen LogP contribution in [0.2, 0.25) is 0 Å². The van der Waals surface area contributed by atoms with Crippen LogP contribution in [0.1, 0.15) is 25.7 Å². The Bertz CT molecular complexity index is 2000. The first-order chi connectivity index (χ1) is 22.7. The molecule has 0 unspecified atom stereocenters. The highest BCUT2D eigenvalue weighted by molar-refractivity contribution is 5.95. The van der Waals surface area contributed by atoms with Gasteiger partial charge in [-0.15, -0.1) is 0 Å². The van der Waals surface area contributed by atoms with Crippen molar-refractivity contribution >= 4 is 22.2 Å². The van der Waals surface area contributed by atoms with Gasteiger partial charge in [0.25, 0.3) is 0 Å². The molecule has 6 aromatic rings. The van der Waals surface area contributed by atoms with E-state index in [1.165, 1.54) is 25.0 Å². The summed E-state index contributed by atoms with van der Waals surface area (Å²) < 4.78 is 27.0. The number of nitrogens with zero attached hydrogens (tertiary/aromatic N) is 6. The third kappa shape index (κ3) is 5.88. The summed E-state index contributed by atoms with van der Waals surface area (Å²) >= 11 is 0. The van der Waals surface area contributed by atoms with E-state index in [9.17, 15) is 4.39 Å². The molecule has 2 fully saturated rings. The number of rotatable bonds is 9. The fraction of sp³-hybridized carbons (Fsp3) is 0.324. The van der Waals surface area contributed by atoms with Crippen molar-refractivity contribution in [2.45, 2.75) is 31.8 Å². The summed E-state index contributed by atoms with van der Waals surface area (Å²) in [6.07, 6.45) is 9.76. The smallest absolute Gasteiger partial charge is 0.162 e. The zero-order valence-corrected chi connectivity index (χ0v) is 25.3. The van der Waals surface area contributed by atoms with Crippen LogP contribution in [0.3, 0.4) is 0 Å². The van der Waals surface area contributed by atoms with E-state index in [0.717, 1.165) is 73.7 Å². The van der Waals surface area contributed by atoms with Crippen LogP contribution >= 0.6 is 0 Å². The minimum Gasteiger partial charge on any atom is -0.492 e. The Kier molecular flexibility index (Phi) is 7.72. The summed E-state index contributed by atoms with van der Waals surface area (Å²) in [6.45, 7) is 5.43. The number of likely N-dealkylation sites (tertiary alicyclic amines) is 1. The second-order valence-electron chi connectivity index (χ2n) is 11.9. The second-order valence-corrected chi connectivity index (χ2v) is 11.9. The number of ether oxygens (including phenoxy) is 2. The van der Waals surface area contributed by atoms with Crippen molar-refractivity contribution in [1.82, 2.24) is 45.3 Å². The molecule has 0 amide bonds. The Morgan fingerprint density at radius 3 is 2.67 bits per heavy atom. The number of hydrogen-bond donors (Lipinski definition) is 3. The normalized spacial score (nSPS) is 16.0. The predicted molar refractivity (Wildman–Crippen MR) is 173 cm³/mol. The Hall–Kier alpha value is -4.94. The fourth-order valence-corrected chi connectivity index (χ4v) is 6.31. The number of aromatic amines is 2. The standard InChI is InChI=1S/C34H34FN9O2/c35-23-15-21(16-25(18-23)45-14-13-44-11-1-2-12-44)27-7-10-38-33-30(27)40-34(41-33)32-31-29(42-43-32)4-3-28(39-31)22-17-26(20-37-19-22)46-24-5-8-36-9-6-24/h3-4,7,10,15-20,24,36H,1-2,5-6,8-9,11-14H2,(H,42,43)(H,38,40,41). The number of nitrogens with one attached hydrogen (secondary N) is 3. The molecule has 11 nitrogen and oxygen atoms in total. The molecule has 1 aromatic carbocycles. The number of benzene rings is 1. The topological polar surface area (TPSA) is 130 Å². The van der Waals surface area contributed by atoms with E-state index in [4.69, 9.17) is 19.4 Å². The van der Waals surface area contributed by atoms with Gasteiger partial charge in [-0.25, -0.2) is 19.3 Å². The third-order valence-corrected chi connectivity index (χ3v) is 8.67. The van der Waals surface area contributed by atoms with Gasteiger partial charge in [-0.05, 0) is 93.8 Å². The molecule has 0 bridgehead atoms. The number of imidazole rings is 1. The summed E-state index contributed by atoms with van der Waals surface area (Å²) in [4.78, 5) is 24.4. The van der Waals surface area contributed by atoms with Crippen LogP contribution in [0.25, 0.3) is 56.1 Å². The predicted octanol–water partition coefficient (Wildman–Crippen LogP) is 5.37. The number of halogens is 1. The number of H-pyrrole nitrogens is 2. The van der Waals surface area contributed by atoms with Crippen molar-refractivity contribution < 1.29 is 13.9 Å². The molecule has 8 rings (SSSR count). The average molecular weight is 620 g/mol. The molecule has 0 spiro atoms. The fourth-order valence-electron chi connectivity index (χ4n) is 6.31. The van der Waals surface area contributed by atoms with E-state index >= 15 is 0 Å². The van der Waals surface area contributed by atoms with E-state index in [1.807, 2.05) is 30.3 Å². The van der Waals surface area contributed by atoms with Crippen LogP contribution in [0.15, 0.2) is 61.1 Å². The largest absolute Gasteiger partial charge is 0.492 e. The van der Waals surface area contributed by atoms with Gasteiger partial charge in [0.05, 0.1) is 17.4 Å². The number of hydrogen-bond acceptors (Lipinski definition) is 9. The van der Waals surface area contributed by atoms with Crippen molar-refractivity contribution in [1.29, 1.82) is 0 Å². The highest BCUT2D eigenvalue weighted by Crippen LogP contribution is 2.33. The van der Waals surface area contributed by atoms with Crippen molar-refractivity contribution in [2.75, 3.05) is 39.3 Å². The molecule has 0 radical (unpaired) electrons. The quantitative estimate of drug-likeness (QED) is 0.196. The van der Waals surface area contributed by atoms with Gasteiger partial charge in [-0.1, -0.05) is 0 Å². The van der Waals surface area contributed by atoms with Gasteiger partial charge in [0.1, 0.15) is 41.1 Å². The number of aromatic nitrogens is 7. The lowest BCUT2D eigenvalue weighted by Crippen LogP contribution is -2.34. The monoisotopic (exact) mass is 619 g/mol. The van der Waals surface area contributed by atoms with Crippen molar-refractivity contribution in [3.63, 3.8) is 0 Å². The maximum atomic E-state index is 14.8. The first-order valence-electron chi connectivity index (χ1n) is 15.9. The van der Waals surface area contributed by atoms with Crippen LogP contribution < -0.4 is 14.8 Å². The van der Waals surface area contributed by atoms with E-state index < -0.39 is 0 Å². The van der Waals surface area contributed by atoms with Gasteiger partial charge in [-0.3, -0.25) is 15.0 Å². The molecule has 46 heavy (non-hydrogen) atoms. The van der Waals surface area contributed by atoms with Crippen LogP contribution in [0.5, 0.6) is 11.5 Å². The zero-order valence-electron chi connectivity index (χ0n) is 25.3. The lowest BCUT2D eigenvalue weighted by atomic mass is 10.1. The van der Waals surface area contributed by atoms with Crippen molar-refractivity contribution in [2.24, 2.45) is 0 Å². The van der Waals surface area contributed by atoms with Gasteiger partial charge >= 0.3 is 0 Å². The molecule has 3 N–H and O–H groups in total. The van der Waals surface area contributed by atoms with Gasteiger partial charge in [0, 0.05) is 36.1 Å². The van der Waals surface area contributed by atoms with Crippen LogP contribution in [-0.4, -0.2) is 85.5 Å². The van der Waals surface area contributed by atoms with E-state index in [1.54, 1.807) is 18.6 Å². The van der Waals surface area contributed by atoms with Gasteiger partial charge in [0.2, 0.25) is 0 Å². The summed E-state index contributed by atoms with van der Waals surface area (Å²) in [7, 11) is 0. The number of fused-ring (bicyclic) bond motifs is 2. The molecule has 0 aliphatic carbocycles. The van der Waals surface area contributed by atoms with Crippen molar-refractivity contribution in [3.8, 4) is 45.4 Å². The van der Waals surface area contributed by atoms with E-state index in [0.29, 0.717) is 46.1 Å². The van der Waals surface area contributed by atoms with E-state index in [-0.39, 0.29) is 11.9 Å². The molecule has 0 atom stereocenters. The summed E-state index contributed by atoms with van der Waals surface area (Å²) in [5.74, 6) is 1.35. The SMILES string of the molecule is Fc1cc(OCCN2CCCC2)cc(-c2ccnc3[nH]c(-c4n[nH]c5ccc(-c6cncc(OC7CCNCC7)c6)nc45)nc23)c1. The summed E-state index contributed by atoms with van der Waals surface area (Å²) in [5, 5.41) is 11.0. The number of pyridine rings is 3. The Morgan fingerprint density at radius 2 is 1.78 bits per heavy atom. The molecular weight excluding hydrogens is 585 g/mol. The minimum atomic E-state index is -0.371. The molecule has 5 aromatic heterocycles. The molecule has 2 saturated heterocycles. The van der Waals surface area contributed by atoms with E-state index in [2.05, 4.69) is 35.4 Å². The Labute approximate surface area is 264 Å². The highest BCUT2D eigenvalue weighted by Gasteiger charge is 2.19. The van der Waals surface area contributed by atoms with Gasteiger partial charge < -0.3 is 19.8 Å². The van der Waals surface area contributed by atoms with Crippen molar-refractivity contribution in [3.05, 3.63) is 66.9 Å². The molecule has 0 saturated carbocycles. The molecule has 234 valence electrons. The zero-order chi connectivity index (χ0) is 30.9. The van der Waals surface area contributed by atoms with Crippen LogP contribution in [0, 0.1) is 5.82 Å². The maximum absolute atomic E-state index is 14.8. The maximum Gasteiger partial charge on any atom is 0.162 e. The average Bonchev–Trinajstić information content (AvgIpc) is 3.85. The minimum absolute atomic E-state index is 0.173. The number of piperidine rings is 1. The lowest BCUT2D eigenvalue weighted by Gasteiger charge is -2.23. The van der Waals surface area contributed by atoms with Crippen LogP contribution in [-0.2, 0) is 0 Å².